The Morgan fingerprint density at radius 1 is 1.03 bits per heavy atom. The van der Waals surface area contributed by atoms with Crippen LogP contribution in [0.15, 0.2) is 24.3 Å². The number of fused-ring (bicyclic) bond motifs is 2. The van der Waals surface area contributed by atoms with Crippen molar-refractivity contribution in [3.05, 3.63) is 29.8 Å². The van der Waals surface area contributed by atoms with Gasteiger partial charge in [0.05, 0.1) is 13.2 Å². The van der Waals surface area contributed by atoms with Gasteiger partial charge >= 0.3 is 17.9 Å². The summed E-state index contributed by atoms with van der Waals surface area (Å²) in [6.45, 7) is 3.76. The molecule has 1 aliphatic heterocycles. The molecule has 3 atom stereocenters. The van der Waals surface area contributed by atoms with Crippen LogP contribution in [0.25, 0.3) is 0 Å². The van der Waals surface area contributed by atoms with Gasteiger partial charge in [-0.1, -0.05) is 25.0 Å². The molecule has 1 aromatic rings. The average molecular weight is 444 g/mol. The third-order valence-electron chi connectivity index (χ3n) is 7.61. The molecule has 32 heavy (non-hydrogen) atoms. The van der Waals surface area contributed by atoms with Crippen molar-refractivity contribution in [2.45, 2.75) is 58.0 Å². The van der Waals surface area contributed by atoms with Gasteiger partial charge in [-0.25, -0.2) is 0 Å². The van der Waals surface area contributed by atoms with Crippen molar-refractivity contribution in [1.29, 1.82) is 0 Å². The first-order valence-corrected chi connectivity index (χ1v) is 11.6. The fourth-order valence-electron chi connectivity index (χ4n) is 6.23. The number of esters is 3. The van der Waals surface area contributed by atoms with Crippen LogP contribution in [-0.4, -0.2) is 51.3 Å². The zero-order valence-electron chi connectivity index (χ0n) is 19.4. The number of anilines is 1. The standard InChI is InChI=1S/C25H33NO6/c1-5-30-22(28)25(23(29)31-6-2)15-24(13-7-8-14-24)20-18(21(27)32-20)19(25)16-9-11-17(12-10-16)26(3)4/h9-12,18-20H,5-8,13-15H2,1-4H3/t18-,19-,20-/m0/s1. The Bertz CT molecular complexity index is 868. The Morgan fingerprint density at radius 2 is 1.59 bits per heavy atom. The molecular formula is C25H33NO6. The van der Waals surface area contributed by atoms with Crippen molar-refractivity contribution in [3.63, 3.8) is 0 Å². The second-order valence-corrected chi connectivity index (χ2v) is 9.51. The lowest BCUT2D eigenvalue weighted by atomic mass is 9.48. The van der Waals surface area contributed by atoms with E-state index in [1.165, 1.54) is 0 Å². The summed E-state index contributed by atoms with van der Waals surface area (Å²) in [4.78, 5) is 42.1. The van der Waals surface area contributed by atoms with E-state index in [-0.39, 0.29) is 31.7 Å². The van der Waals surface area contributed by atoms with Crippen molar-refractivity contribution in [1.82, 2.24) is 0 Å². The molecule has 0 amide bonds. The van der Waals surface area contributed by atoms with Gasteiger partial charge < -0.3 is 19.1 Å². The van der Waals surface area contributed by atoms with E-state index in [9.17, 15) is 14.4 Å². The topological polar surface area (TPSA) is 82.1 Å². The van der Waals surface area contributed by atoms with Crippen molar-refractivity contribution in [3.8, 4) is 0 Å². The predicted molar refractivity (Wildman–Crippen MR) is 118 cm³/mol. The highest BCUT2D eigenvalue weighted by Crippen LogP contribution is 2.66. The van der Waals surface area contributed by atoms with Gasteiger partial charge in [0, 0.05) is 31.1 Å². The van der Waals surface area contributed by atoms with Crippen LogP contribution in [0.1, 0.15) is 57.4 Å². The summed E-state index contributed by atoms with van der Waals surface area (Å²) in [6, 6.07) is 7.69. The number of rotatable bonds is 6. The summed E-state index contributed by atoms with van der Waals surface area (Å²) in [5.41, 5.74) is -0.215. The summed E-state index contributed by atoms with van der Waals surface area (Å²) >= 11 is 0. The monoisotopic (exact) mass is 443 g/mol. The molecule has 2 saturated carbocycles. The van der Waals surface area contributed by atoms with Gasteiger partial charge in [0.2, 0.25) is 0 Å². The largest absolute Gasteiger partial charge is 0.465 e. The first-order valence-electron chi connectivity index (χ1n) is 11.6. The summed E-state index contributed by atoms with van der Waals surface area (Å²) < 4.78 is 16.7. The molecule has 1 saturated heterocycles. The van der Waals surface area contributed by atoms with Gasteiger partial charge in [-0.15, -0.1) is 0 Å². The third kappa shape index (κ3) is 3.28. The maximum absolute atomic E-state index is 13.6. The third-order valence-corrected chi connectivity index (χ3v) is 7.61. The molecule has 2 aliphatic carbocycles. The molecule has 3 aliphatic rings. The van der Waals surface area contributed by atoms with Crippen molar-refractivity contribution in [2.24, 2.45) is 16.7 Å². The Balaban J connectivity index is 1.90. The van der Waals surface area contributed by atoms with Crippen LogP contribution < -0.4 is 4.90 Å². The molecule has 174 valence electrons. The van der Waals surface area contributed by atoms with Crippen molar-refractivity contribution in [2.75, 3.05) is 32.2 Å². The molecule has 0 aromatic heterocycles. The Kier molecular flexibility index (Phi) is 5.94. The molecule has 0 unspecified atom stereocenters. The highest BCUT2D eigenvalue weighted by molar-refractivity contribution is 6.03. The van der Waals surface area contributed by atoms with Crippen LogP contribution in [0, 0.1) is 16.7 Å². The molecule has 3 fully saturated rings. The van der Waals surface area contributed by atoms with Gasteiger partial charge in [-0.05, 0) is 50.8 Å². The Morgan fingerprint density at radius 3 is 2.06 bits per heavy atom. The maximum atomic E-state index is 13.6. The molecule has 4 rings (SSSR count). The fraction of sp³-hybridized carbons (Fsp3) is 0.640. The second-order valence-electron chi connectivity index (χ2n) is 9.51. The zero-order chi connectivity index (χ0) is 23.1. The van der Waals surface area contributed by atoms with E-state index in [2.05, 4.69) is 0 Å². The molecule has 7 heteroatoms. The number of carbonyl (C=O) groups excluding carboxylic acids is 3. The molecule has 1 spiro atoms. The van der Waals surface area contributed by atoms with E-state index in [0.29, 0.717) is 0 Å². The highest BCUT2D eigenvalue weighted by Gasteiger charge is 2.73. The maximum Gasteiger partial charge on any atom is 0.324 e. The lowest BCUT2D eigenvalue weighted by Crippen LogP contribution is -2.68. The van der Waals surface area contributed by atoms with Crippen LogP contribution in [0.5, 0.6) is 0 Å². The van der Waals surface area contributed by atoms with E-state index in [1.54, 1.807) is 13.8 Å². The lowest BCUT2D eigenvalue weighted by molar-refractivity contribution is -0.235. The van der Waals surface area contributed by atoms with Gasteiger partial charge in [0.15, 0.2) is 5.41 Å². The lowest BCUT2D eigenvalue weighted by Gasteiger charge is -2.59. The van der Waals surface area contributed by atoms with Gasteiger partial charge in [0.25, 0.3) is 0 Å². The summed E-state index contributed by atoms with van der Waals surface area (Å²) in [5, 5.41) is 0. The minimum absolute atomic E-state index is 0.151. The van der Waals surface area contributed by atoms with Crippen molar-refractivity contribution >= 4 is 23.6 Å². The van der Waals surface area contributed by atoms with Crippen molar-refractivity contribution < 1.29 is 28.6 Å². The van der Waals surface area contributed by atoms with E-state index < -0.39 is 34.6 Å². The van der Waals surface area contributed by atoms with Crippen LogP contribution >= 0.6 is 0 Å². The summed E-state index contributed by atoms with van der Waals surface area (Å²) in [5.74, 6) is -2.79. The SMILES string of the molecule is CCOC(=O)C1(C(=O)OCC)CC2(CCCC2)[C@H]2OC(=O)[C@H]2[C@@H]1c1ccc(N(C)C)cc1. The van der Waals surface area contributed by atoms with Crippen LogP contribution in [0.4, 0.5) is 5.69 Å². The van der Waals surface area contributed by atoms with Gasteiger partial charge in [-0.3, -0.25) is 14.4 Å². The van der Waals surface area contributed by atoms with Crippen LogP contribution in [-0.2, 0) is 28.6 Å². The first-order chi connectivity index (χ1) is 15.3. The molecule has 0 N–H and O–H groups in total. The number of benzene rings is 1. The highest BCUT2D eigenvalue weighted by atomic mass is 16.6. The number of hydrogen-bond acceptors (Lipinski definition) is 7. The zero-order valence-corrected chi connectivity index (χ0v) is 19.4. The normalized spacial score (nSPS) is 27.1. The Hall–Kier alpha value is -2.57. The van der Waals surface area contributed by atoms with Crippen LogP contribution in [0.3, 0.4) is 0 Å². The molecule has 0 bridgehead atoms. The molecule has 0 radical (unpaired) electrons. The summed E-state index contributed by atoms with van der Waals surface area (Å²) in [6.07, 6.45) is 3.64. The summed E-state index contributed by atoms with van der Waals surface area (Å²) in [7, 11) is 3.89. The molecule has 1 aromatic carbocycles. The number of hydrogen-bond donors (Lipinski definition) is 0. The quantitative estimate of drug-likeness (QED) is 0.378. The second kappa shape index (κ2) is 8.41. The van der Waals surface area contributed by atoms with Gasteiger partial charge in [0.1, 0.15) is 12.0 Å². The Labute approximate surface area is 189 Å². The minimum Gasteiger partial charge on any atom is -0.465 e. The van der Waals surface area contributed by atoms with E-state index in [0.717, 1.165) is 36.9 Å². The van der Waals surface area contributed by atoms with E-state index in [1.807, 2.05) is 43.3 Å². The molecule has 7 nitrogen and oxygen atoms in total. The molecular weight excluding hydrogens is 410 g/mol. The van der Waals surface area contributed by atoms with E-state index >= 15 is 0 Å². The smallest absolute Gasteiger partial charge is 0.324 e. The number of ether oxygens (including phenoxy) is 3. The minimum atomic E-state index is -1.57. The van der Waals surface area contributed by atoms with Crippen LogP contribution in [0.2, 0.25) is 0 Å². The predicted octanol–water partition coefficient (Wildman–Crippen LogP) is 3.45. The molecule has 1 heterocycles. The van der Waals surface area contributed by atoms with Gasteiger partial charge in [-0.2, -0.15) is 0 Å². The van der Waals surface area contributed by atoms with E-state index in [4.69, 9.17) is 14.2 Å². The first kappa shape index (κ1) is 22.6. The number of nitrogens with zero attached hydrogens (tertiary/aromatic N) is 1. The number of carbonyl (C=O) groups is 3. The average Bonchev–Trinajstić information content (AvgIpc) is 3.22. The fourth-order valence-corrected chi connectivity index (χ4v) is 6.23.